The van der Waals surface area contributed by atoms with Crippen LogP contribution in [-0.2, 0) is 5.54 Å². The summed E-state index contributed by atoms with van der Waals surface area (Å²) < 4.78 is 13.4. The van der Waals surface area contributed by atoms with Gasteiger partial charge in [-0.3, -0.25) is 0 Å². The van der Waals surface area contributed by atoms with Crippen molar-refractivity contribution in [2.45, 2.75) is 25.8 Å². The second-order valence-corrected chi connectivity index (χ2v) is 4.25. The van der Waals surface area contributed by atoms with Crippen molar-refractivity contribution in [2.24, 2.45) is 5.73 Å². The van der Waals surface area contributed by atoms with E-state index in [9.17, 15) is 4.39 Å². The van der Waals surface area contributed by atoms with Crippen LogP contribution in [0.25, 0.3) is 0 Å². The summed E-state index contributed by atoms with van der Waals surface area (Å²) in [4.78, 5) is 0. The van der Waals surface area contributed by atoms with Gasteiger partial charge in [0.2, 0.25) is 0 Å². The molecule has 1 aromatic carbocycles. The van der Waals surface area contributed by atoms with Crippen LogP contribution in [0.2, 0.25) is 0 Å². The van der Waals surface area contributed by atoms with Crippen LogP contribution < -0.4 is 5.73 Å². The van der Waals surface area contributed by atoms with Gasteiger partial charge >= 0.3 is 0 Å². The molecule has 0 bridgehead atoms. The van der Waals surface area contributed by atoms with E-state index in [0.717, 1.165) is 12.0 Å². The fourth-order valence-electron chi connectivity index (χ4n) is 1.06. The highest BCUT2D eigenvalue weighted by atomic mass is 79.9. The van der Waals surface area contributed by atoms with Gasteiger partial charge in [-0.2, -0.15) is 0 Å². The largest absolute Gasteiger partial charge is 0.322 e. The van der Waals surface area contributed by atoms with Crippen molar-refractivity contribution >= 4 is 15.9 Å². The summed E-state index contributed by atoms with van der Waals surface area (Å²) in [6.45, 7) is 3.95. The number of halogens is 2. The van der Waals surface area contributed by atoms with E-state index in [1.54, 1.807) is 12.1 Å². The quantitative estimate of drug-likeness (QED) is 0.852. The molecule has 1 rings (SSSR count). The zero-order valence-corrected chi connectivity index (χ0v) is 9.36. The lowest BCUT2D eigenvalue weighted by atomic mass is 9.91. The molecule has 0 heterocycles. The van der Waals surface area contributed by atoms with E-state index in [1.165, 1.54) is 6.07 Å². The Hall–Kier alpha value is -0.410. The maximum absolute atomic E-state index is 12.9. The van der Waals surface area contributed by atoms with E-state index >= 15 is 0 Å². The second-order valence-electron chi connectivity index (χ2n) is 3.40. The molecule has 3 heteroatoms. The van der Waals surface area contributed by atoms with Gasteiger partial charge in [0.1, 0.15) is 5.82 Å². The number of nitrogens with two attached hydrogens (primary N) is 1. The maximum Gasteiger partial charge on any atom is 0.137 e. The third kappa shape index (κ3) is 2.29. The highest BCUT2D eigenvalue weighted by Gasteiger charge is 2.19. The maximum atomic E-state index is 12.9. The normalized spacial score (nSPS) is 15.5. The molecule has 0 saturated carbocycles. The third-order valence-corrected chi connectivity index (χ3v) is 2.92. The molecule has 1 aromatic rings. The lowest BCUT2D eigenvalue weighted by molar-refractivity contribution is 0.474. The lowest BCUT2D eigenvalue weighted by Crippen LogP contribution is -2.31. The highest BCUT2D eigenvalue weighted by Crippen LogP contribution is 2.25. The molecule has 1 nitrogen and oxygen atoms in total. The zero-order valence-electron chi connectivity index (χ0n) is 7.77. The first-order valence-electron chi connectivity index (χ1n) is 4.22. The molecule has 0 aliphatic carbocycles. The Morgan fingerprint density at radius 3 is 2.62 bits per heavy atom. The van der Waals surface area contributed by atoms with Crippen LogP contribution in [0.15, 0.2) is 22.7 Å². The second kappa shape index (κ2) is 3.76. The Labute approximate surface area is 86.3 Å². The van der Waals surface area contributed by atoms with Crippen LogP contribution in [0.4, 0.5) is 4.39 Å². The summed E-state index contributed by atoms with van der Waals surface area (Å²) in [5.74, 6) is -0.254. The van der Waals surface area contributed by atoms with Crippen molar-refractivity contribution < 1.29 is 4.39 Å². The smallest absolute Gasteiger partial charge is 0.137 e. The van der Waals surface area contributed by atoms with Gasteiger partial charge in [0.25, 0.3) is 0 Å². The number of hydrogen-bond donors (Lipinski definition) is 1. The third-order valence-electron chi connectivity index (χ3n) is 2.31. The Bertz CT molecular complexity index is 310. The first-order chi connectivity index (χ1) is 5.97. The van der Waals surface area contributed by atoms with E-state index in [1.807, 2.05) is 13.8 Å². The van der Waals surface area contributed by atoms with Crippen molar-refractivity contribution in [3.05, 3.63) is 34.1 Å². The Morgan fingerprint density at radius 1 is 1.54 bits per heavy atom. The standard InChI is InChI=1S/C10H13BrFN/c1-3-10(2,13)7-4-5-9(12)8(11)6-7/h4-6H,3,13H2,1-2H3/t10-/m0/s1. The molecule has 13 heavy (non-hydrogen) atoms. The summed E-state index contributed by atoms with van der Waals surface area (Å²) in [6.07, 6.45) is 0.824. The van der Waals surface area contributed by atoms with E-state index in [-0.39, 0.29) is 11.4 Å². The van der Waals surface area contributed by atoms with Crippen molar-refractivity contribution in [2.75, 3.05) is 0 Å². The molecule has 0 aliphatic heterocycles. The minimum Gasteiger partial charge on any atom is -0.322 e. The fourth-order valence-corrected chi connectivity index (χ4v) is 1.43. The summed E-state index contributed by atoms with van der Waals surface area (Å²) in [5, 5.41) is 0. The van der Waals surface area contributed by atoms with Crippen molar-refractivity contribution in [1.29, 1.82) is 0 Å². The zero-order chi connectivity index (χ0) is 10.1. The van der Waals surface area contributed by atoms with Gasteiger partial charge in [0, 0.05) is 5.54 Å². The molecule has 0 fully saturated rings. The van der Waals surface area contributed by atoms with Gasteiger partial charge < -0.3 is 5.73 Å². The van der Waals surface area contributed by atoms with E-state index in [4.69, 9.17) is 5.73 Å². The number of rotatable bonds is 2. The van der Waals surface area contributed by atoms with Crippen molar-refractivity contribution in [3.8, 4) is 0 Å². The molecule has 0 saturated heterocycles. The Balaban J connectivity index is 3.10. The SMILES string of the molecule is CC[C@](C)(N)c1ccc(F)c(Br)c1. The van der Waals surface area contributed by atoms with Crippen LogP contribution in [0, 0.1) is 5.82 Å². The predicted molar refractivity (Wildman–Crippen MR) is 55.9 cm³/mol. The lowest BCUT2D eigenvalue weighted by Gasteiger charge is -2.23. The molecule has 0 amide bonds. The minimum atomic E-state index is -0.379. The van der Waals surface area contributed by atoms with E-state index < -0.39 is 0 Å². The Morgan fingerprint density at radius 2 is 2.15 bits per heavy atom. The summed E-state index contributed by atoms with van der Waals surface area (Å²) in [5.41, 5.74) is 6.58. The molecular formula is C10H13BrFN. The number of hydrogen-bond acceptors (Lipinski definition) is 1. The van der Waals surface area contributed by atoms with Crippen LogP contribution in [-0.4, -0.2) is 0 Å². The fraction of sp³-hybridized carbons (Fsp3) is 0.400. The van der Waals surface area contributed by atoms with Gasteiger partial charge in [0.15, 0.2) is 0 Å². The van der Waals surface area contributed by atoms with Gasteiger partial charge in [-0.1, -0.05) is 13.0 Å². The highest BCUT2D eigenvalue weighted by molar-refractivity contribution is 9.10. The average Bonchev–Trinajstić information content (AvgIpc) is 2.09. The summed E-state index contributed by atoms with van der Waals surface area (Å²) in [7, 11) is 0. The van der Waals surface area contributed by atoms with Crippen LogP contribution >= 0.6 is 15.9 Å². The molecule has 0 aromatic heterocycles. The molecule has 0 radical (unpaired) electrons. The predicted octanol–water partition coefficient (Wildman–Crippen LogP) is 3.17. The van der Waals surface area contributed by atoms with E-state index in [2.05, 4.69) is 15.9 Å². The first kappa shape index (κ1) is 10.7. The molecule has 2 N–H and O–H groups in total. The molecule has 1 atom stereocenters. The summed E-state index contributed by atoms with van der Waals surface area (Å²) in [6, 6.07) is 4.89. The van der Waals surface area contributed by atoms with Gasteiger partial charge in [-0.05, 0) is 47.0 Å². The topological polar surface area (TPSA) is 26.0 Å². The molecular weight excluding hydrogens is 233 g/mol. The Kier molecular flexibility index (Phi) is 3.09. The van der Waals surface area contributed by atoms with Gasteiger partial charge in [0.05, 0.1) is 4.47 Å². The van der Waals surface area contributed by atoms with Crippen LogP contribution in [0.3, 0.4) is 0 Å². The summed E-state index contributed by atoms with van der Waals surface area (Å²) >= 11 is 3.14. The minimum absolute atomic E-state index is 0.254. The number of benzene rings is 1. The van der Waals surface area contributed by atoms with Crippen molar-refractivity contribution in [1.82, 2.24) is 0 Å². The molecule has 72 valence electrons. The van der Waals surface area contributed by atoms with Crippen LogP contribution in [0.5, 0.6) is 0 Å². The molecule has 0 unspecified atom stereocenters. The van der Waals surface area contributed by atoms with Gasteiger partial charge in [-0.15, -0.1) is 0 Å². The average molecular weight is 246 g/mol. The van der Waals surface area contributed by atoms with E-state index in [0.29, 0.717) is 4.47 Å². The monoisotopic (exact) mass is 245 g/mol. The van der Waals surface area contributed by atoms with Crippen molar-refractivity contribution in [3.63, 3.8) is 0 Å². The van der Waals surface area contributed by atoms with Gasteiger partial charge in [-0.25, -0.2) is 4.39 Å². The van der Waals surface area contributed by atoms with Crippen LogP contribution in [0.1, 0.15) is 25.8 Å². The first-order valence-corrected chi connectivity index (χ1v) is 5.01. The molecule has 0 spiro atoms. The molecule has 0 aliphatic rings.